The Morgan fingerprint density at radius 1 is 0.642 bits per heavy atom. The Kier molecular flexibility index (Phi) is 14.7. The number of Topliss-reactive ketones (excluding diaryl/α,β-unsaturated/α-hetero) is 1. The average Bonchev–Trinajstić information content (AvgIpc) is 3.88. The Hall–Kier alpha value is -5.03. The number of hydrogen-bond acceptors (Lipinski definition) is 6. The molecule has 3 unspecified atom stereocenters. The number of carbonyl (C=O) groups excluding carboxylic acids is 5. The second-order valence-corrected chi connectivity index (χ2v) is 15.1. The van der Waals surface area contributed by atoms with E-state index in [0.717, 1.165) is 16.7 Å². The molecule has 1 aliphatic heterocycles. The van der Waals surface area contributed by atoms with Crippen LogP contribution >= 0.6 is 0 Å². The quantitative estimate of drug-likeness (QED) is 0.106. The number of aryl methyl sites for hydroxylation is 2. The van der Waals surface area contributed by atoms with Crippen LogP contribution in [0.5, 0.6) is 0 Å². The number of amides is 5. The number of rotatable bonds is 19. The summed E-state index contributed by atoms with van der Waals surface area (Å²) in [6.07, 6.45) is 1.64. The summed E-state index contributed by atoms with van der Waals surface area (Å²) < 4.78 is 5.41. The van der Waals surface area contributed by atoms with Crippen LogP contribution in [0.15, 0.2) is 84.9 Å². The predicted octanol–water partition coefficient (Wildman–Crippen LogP) is 5.27. The average molecular weight is 726 g/mol. The molecule has 1 aliphatic rings. The first-order chi connectivity index (χ1) is 25.2. The maximum absolute atomic E-state index is 14.1. The summed E-state index contributed by atoms with van der Waals surface area (Å²) in [5.74, 6) is -1.66. The lowest BCUT2D eigenvalue weighted by Gasteiger charge is -2.28. The molecule has 0 radical (unpaired) electrons. The number of anilines is 1. The van der Waals surface area contributed by atoms with E-state index in [0.29, 0.717) is 25.1 Å². The monoisotopic (exact) mass is 725 g/mol. The second-order valence-electron chi connectivity index (χ2n) is 15.1. The van der Waals surface area contributed by atoms with E-state index >= 15 is 0 Å². The van der Waals surface area contributed by atoms with Crippen LogP contribution < -0.4 is 26.6 Å². The van der Waals surface area contributed by atoms with E-state index in [1.165, 1.54) is 0 Å². The van der Waals surface area contributed by atoms with Gasteiger partial charge in [0.1, 0.15) is 23.7 Å². The van der Waals surface area contributed by atoms with E-state index < -0.39 is 53.5 Å². The second kappa shape index (κ2) is 19.2. The van der Waals surface area contributed by atoms with Gasteiger partial charge in [0, 0.05) is 12.1 Å². The summed E-state index contributed by atoms with van der Waals surface area (Å²) in [5.41, 5.74) is 2.49. The largest absolute Gasteiger partial charge is 0.361 e. The Bertz CT molecular complexity index is 1680. The van der Waals surface area contributed by atoms with Crippen molar-refractivity contribution in [2.75, 3.05) is 11.9 Å². The minimum atomic E-state index is -1.04. The molecule has 0 spiro atoms. The summed E-state index contributed by atoms with van der Waals surface area (Å²) in [6, 6.07) is 21.8. The Labute approximate surface area is 313 Å². The fourth-order valence-corrected chi connectivity index (χ4v) is 6.09. The normalized spacial score (nSPS) is 17.2. The van der Waals surface area contributed by atoms with Crippen LogP contribution in [0, 0.1) is 18.8 Å². The lowest BCUT2D eigenvalue weighted by atomic mass is 9.93. The first-order valence-corrected chi connectivity index (χ1v) is 18.5. The van der Waals surface area contributed by atoms with E-state index in [-0.39, 0.29) is 36.9 Å². The third-order valence-electron chi connectivity index (χ3n) is 9.19. The number of ketones is 1. The number of nitrogens with one attached hydrogen (secondary N) is 5. The van der Waals surface area contributed by atoms with Gasteiger partial charge in [-0.15, -0.1) is 0 Å². The molecule has 1 fully saturated rings. The molecule has 5 amide bonds. The molecule has 1 saturated heterocycles. The highest BCUT2D eigenvalue weighted by Crippen LogP contribution is 2.29. The van der Waals surface area contributed by atoms with E-state index in [2.05, 4.69) is 26.6 Å². The Morgan fingerprint density at radius 2 is 1.13 bits per heavy atom. The molecule has 0 saturated carbocycles. The zero-order valence-electron chi connectivity index (χ0n) is 31.7. The lowest BCUT2D eigenvalue weighted by Crippen LogP contribution is -2.59. The standard InChI is InChI=1S/C42H55N5O6/c1-27(2)23-34(37(48)42(6)26-53-42)44-40(51)36(25-31-15-11-8-12-16-31)46-39(50)35(24-28(3)4)45-38(49)33(22-19-30-13-9-7-10-14-30)47-41(52)43-32-20-17-29(5)18-21-32/h7-18,20-21,27-28,33-36H,19,22-26H2,1-6H3,(H,44,51)(H,45,49)(H,46,50)(H2,43,47,52)/t33-,34?,35?,36-,42?/m0/s1. The van der Waals surface area contributed by atoms with Gasteiger partial charge < -0.3 is 31.3 Å². The van der Waals surface area contributed by atoms with Crippen molar-refractivity contribution < 1.29 is 28.7 Å². The van der Waals surface area contributed by atoms with Gasteiger partial charge in [0.15, 0.2) is 5.78 Å². The molecule has 0 bridgehead atoms. The summed E-state index contributed by atoms with van der Waals surface area (Å²) in [5, 5.41) is 14.3. The van der Waals surface area contributed by atoms with Crippen molar-refractivity contribution in [2.45, 2.75) is 103 Å². The van der Waals surface area contributed by atoms with Gasteiger partial charge in [-0.05, 0) is 74.6 Å². The summed E-state index contributed by atoms with van der Waals surface area (Å²) in [6.45, 7) is 11.8. The van der Waals surface area contributed by atoms with Crippen molar-refractivity contribution in [2.24, 2.45) is 11.8 Å². The lowest BCUT2D eigenvalue weighted by molar-refractivity contribution is -0.134. The van der Waals surface area contributed by atoms with Crippen LogP contribution in [0.2, 0.25) is 0 Å². The van der Waals surface area contributed by atoms with Gasteiger partial charge in [-0.3, -0.25) is 19.2 Å². The van der Waals surface area contributed by atoms with E-state index in [1.54, 1.807) is 19.1 Å². The molecule has 11 heteroatoms. The Balaban J connectivity index is 1.53. The fraction of sp³-hybridized carbons (Fsp3) is 0.452. The number of ether oxygens (including phenoxy) is 1. The van der Waals surface area contributed by atoms with Crippen LogP contribution in [0.1, 0.15) is 70.6 Å². The minimum Gasteiger partial charge on any atom is -0.361 e. The van der Waals surface area contributed by atoms with Crippen LogP contribution in [0.3, 0.4) is 0 Å². The minimum absolute atomic E-state index is 0.000318. The van der Waals surface area contributed by atoms with Gasteiger partial charge in [-0.1, -0.05) is 106 Å². The van der Waals surface area contributed by atoms with E-state index in [1.807, 2.05) is 107 Å². The molecule has 5 N–H and O–H groups in total. The van der Waals surface area contributed by atoms with Crippen LogP contribution in [-0.2, 0) is 36.8 Å². The highest BCUT2D eigenvalue weighted by atomic mass is 16.6. The molecule has 0 aliphatic carbocycles. The number of carbonyl (C=O) groups is 5. The maximum atomic E-state index is 14.1. The van der Waals surface area contributed by atoms with Crippen molar-refractivity contribution in [3.8, 4) is 0 Å². The first-order valence-electron chi connectivity index (χ1n) is 18.5. The number of epoxide rings is 1. The van der Waals surface area contributed by atoms with Gasteiger partial charge >= 0.3 is 6.03 Å². The molecule has 4 rings (SSSR count). The van der Waals surface area contributed by atoms with Gasteiger partial charge in [-0.25, -0.2) is 4.79 Å². The zero-order valence-corrected chi connectivity index (χ0v) is 31.7. The molecular weight excluding hydrogens is 670 g/mol. The molecule has 11 nitrogen and oxygen atoms in total. The summed E-state index contributed by atoms with van der Waals surface area (Å²) >= 11 is 0. The summed E-state index contributed by atoms with van der Waals surface area (Å²) in [4.78, 5) is 68.5. The fourth-order valence-electron chi connectivity index (χ4n) is 6.09. The van der Waals surface area contributed by atoms with E-state index in [9.17, 15) is 24.0 Å². The maximum Gasteiger partial charge on any atom is 0.319 e. The zero-order chi connectivity index (χ0) is 38.5. The van der Waals surface area contributed by atoms with Gasteiger partial charge in [0.2, 0.25) is 17.7 Å². The number of hydrogen-bond donors (Lipinski definition) is 5. The molecular formula is C42H55N5O6. The van der Waals surface area contributed by atoms with Crippen molar-refractivity contribution in [3.63, 3.8) is 0 Å². The highest BCUT2D eigenvalue weighted by Gasteiger charge is 2.50. The highest BCUT2D eigenvalue weighted by molar-refractivity contribution is 5.99. The summed E-state index contributed by atoms with van der Waals surface area (Å²) in [7, 11) is 0. The molecule has 53 heavy (non-hydrogen) atoms. The van der Waals surface area contributed by atoms with Crippen LogP contribution in [0.4, 0.5) is 10.5 Å². The smallest absolute Gasteiger partial charge is 0.319 e. The third-order valence-corrected chi connectivity index (χ3v) is 9.19. The van der Waals surface area contributed by atoms with E-state index in [4.69, 9.17) is 4.74 Å². The van der Waals surface area contributed by atoms with Crippen LogP contribution in [-0.4, -0.2) is 65.9 Å². The molecule has 5 atom stereocenters. The van der Waals surface area contributed by atoms with Crippen molar-refractivity contribution in [1.82, 2.24) is 21.3 Å². The third kappa shape index (κ3) is 13.2. The topological polar surface area (TPSA) is 158 Å². The van der Waals surface area contributed by atoms with Crippen molar-refractivity contribution in [3.05, 3.63) is 102 Å². The Morgan fingerprint density at radius 3 is 1.70 bits per heavy atom. The van der Waals surface area contributed by atoms with Gasteiger partial charge in [-0.2, -0.15) is 0 Å². The van der Waals surface area contributed by atoms with Crippen LogP contribution in [0.25, 0.3) is 0 Å². The molecule has 1 heterocycles. The SMILES string of the molecule is Cc1ccc(NC(=O)N[C@@H](CCc2ccccc2)C(=O)NC(CC(C)C)C(=O)N[C@@H](Cc2ccccc2)C(=O)NC(CC(C)C)C(=O)C2(C)CO2)cc1. The predicted molar refractivity (Wildman–Crippen MR) is 206 cm³/mol. The van der Waals surface area contributed by atoms with Gasteiger partial charge in [0.25, 0.3) is 0 Å². The molecule has 0 aromatic heterocycles. The molecule has 284 valence electrons. The number of benzene rings is 3. The number of urea groups is 1. The first kappa shape index (κ1) is 40.7. The molecule has 3 aromatic carbocycles. The van der Waals surface area contributed by atoms with Crippen molar-refractivity contribution >= 4 is 35.2 Å². The van der Waals surface area contributed by atoms with Gasteiger partial charge in [0.05, 0.1) is 12.6 Å². The molecule has 3 aromatic rings. The van der Waals surface area contributed by atoms with Crippen molar-refractivity contribution in [1.29, 1.82) is 0 Å².